The predicted molar refractivity (Wildman–Crippen MR) is 75.7 cm³/mol. The van der Waals surface area contributed by atoms with Crippen LogP contribution in [0.5, 0.6) is 0 Å². The summed E-state index contributed by atoms with van der Waals surface area (Å²) < 4.78 is 12.9. The van der Waals surface area contributed by atoms with Crippen LogP contribution < -0.4 is 5.73 Å². The highest BCUT2D eigenvalue weighted by Gasteiger charge is 2.25. The van der Waals surface area contributed by atoms with E-state index >= 15 is 0 Å². The third kappa shape index (κ3) is 3.82. The Balaban J connectivity index is 0.00000162. The molecule has 0 spiro atoms. The highest BCUT2D eigenvalue weighted by molar-refractivity contribution is 6.31. The van der Waals surface area contributed by atoms with Crippen LogP contribution in [-0.4, -0.2) is 24.0 Å². The summed E-state index contributed by atoms with van der Waals surface area (Å²) in [5, 5.41) is 0.509. The predicted octanol–water partition coefficient (Wildman–Crippen LogP) is 3.07. The molecular weight excluding hydrogens is 274 g/mol. The van der Waals surface area contributed by atoms with E-state index in [0.717, 1.165) is 31.6 Å². The maximum atomic E-state index is 12.9. The van der Waals surface area contributed by atoms with Gasteiger partial charge in [-0.15, -0.1) is 12.4 Å². The van der Waals surface area contributed by atoms with Crippen molar-refractivity contribution in [3.05, 3.63) is 34.6 Å². The van der Waals surface area contributed by atoms with E-state index in [1.54, 1.807) is 6.07 Å². The number of hydrogen-bond acceptors (Lipinski definition) is 2. The summed E-state index contributed by atoms with van der Waals surface area (Å²) in [6, 6.07) is 4.83. The molecule has 2 unspecified atom stereocenters. The molecule has 2 atom stereocenters. The van der Waals surface area contributed by atoms with Crippen molar-refractivity contribution in [2.24, 2.45) is 11.7 Å². The summed E-state index contributed by atoms with van der Waals surface area (Å²) in [5.41, 5.74) is 6.89. The van der Waals surface area contributed by atoms with Gasteiger partial charge in [0.15, 0.2) is 0 Å². The number of benzene rings is 1. The SMILES string of the molecule is CC(N)C1CCN(Cc2ccc(F)cc2Cl)C1.Cl. The third-order valence-corrected chi connectivity index (χ3v) is 3.81. The Morgan fingerprint density at radius 3 is 2.83 bits per heavy atom. The number of likely N-dealkylation sites (tertiary alicyclic amines) is 1. The zero-order chi connectivity index (χ0) is 12.4. The lowest BCUT2D eigenvalue weighted by Crippen LogP contribution is -2.29. The molecule has 0 aromatic heterocycles. The van der Waals surface area contributed by atoms with Crippen LogP contribution in [0.4, 0.5) is 4.39 Å². The minimum Gasteiger partial charge on any atom is -0.328 e. The first-order valence-corrected chi connectivity index (χ1v) is 6.36. The van der Waals surface area contributed by atoms with Gasteiger partial charge in [-0.1, -0.05) is 17.7 Å². The number of nitrogens with two attached hydrogens (primary N) is 1. The second-order valence-electron chi connectivity index (χ2n) is 4.88. The van der Waals surface area contributed by atoms with E-state index in [2.05, 4.69) is 11.8 Å². The first kappa shape index (κ1) is 15.7. The van der Waals surface area contributed by atoms with Crippen LogP contribution in [0.1, 0.15) is 18.9 Å². The normalized spacial score (nSPS) is 21.7. The molecule has 1 aromatic carbocycles. The van der Waals surface area contributed by atoms with Gasteiger partial charge >= 0.3 is 0 Å². The molecule has 1 aliphatic rings. The molecule has 1 fully saturated rings. The molecule has 2 nitrogen and oxygen atoms in total. The first-order valence-electron chi connectivity index (χ1n) is 5.98. The molecule has 102 valence electrons. The van der Waals surface area contributed by atoms with Crippen molar-refractivity contribution < 1.29 is 4.39 Å². The van der Waals surface area contributed by atoms with Gasteiger partial charge in [0.1, 0.15) is 5.82 Å². The van der Waals surface area contributed by atoms with Crippen LogP contribution in [0.25, 0.3) is 0 Å². The smallest absolute Gasteiger partial charge is 0.124 e. The molecule has 0 saturated carbocycles. The maximum absolute atomic E-state index is 12.9. The monoisotopic (exact) mass is 292 g/mol. The Morgan fingerprint density at radius 2 is 2.28 bits per heavy atom. The van der Waals surface area contributed by atoms with E-state index in [4.69, 9.17) is 17.3 Å². The van der Waals surface area contributed by atoms with Gasteiger partial charge in [0.25, 0.3) is 0 Å². The maximum Gasteiger partial charge on any atom is 0.124 e. The lowest BCUT2D eigenvalue weighted by atomic mass is 10.0. The van der Waals surface area contributed by atoms with E-state index in [9.17, 15) is 4.39 Å². The van der Waals surface area contributed by atoms with Crippen LogP contribution >= 0.6 is 24.0 Å². The fraction of sp³-hybridized carbons (Fsp3) is 0.538. The Kier molecular flexibility index (Phi) is 5.86. The molecule has 2 N–H and O–H groups in total. The molecule has 0 amide bonds. The van der Waals surface area contributed by atoms with Crippen molar-refractivity contribution in [2.45, 2.75) is 25.9 Å². The van der Waals surface area contributed by atoms with Crippen molar-refractivity contribution >= 4 is 24.0 Å². The third-order valence-electron chi connectivity index (χ3n) is 3.46. The first-order chi connectivity index (χ1) is 8.06. The van der Waals surface area contributed by atoms with Crippen LogP contribution in [0.15, 0.2) is 18.2 Å². The Hall–Kier alpha value is -0.350. The van der Waals surface area contributed by atoms with Gasteiger partial charge in [-0.2, -0.15) is 0 Å². The molecule has 1 saturated heterocycles. The summed E-state index contributed by atoms with van der Waals surface area (Å²) in [6.45, 7) is 4.88. The van der Waals surface area contributed by atoms with Crippen molar-refractivity contribution in [2.75, 3.05) is 13.1 Å². The average molecular weight is 293 g/mol. The number of hydrogen-bond donors (Lipinski definition) is 1. The molecule has 0 aliphatic carbocycles. The quantitative estimate of drug-likeness (QED) is 0.928. The van der Waals surface area contributed by atoms with Gasteiger partial charge in [0.2, 0.25) is 0 Å². The topological polar surface area (TPSA) is 29.3 Å². The molecule has 1 heterocycles. The highest BCUT2D eigenvalue weighted by atomic mass is 35.5. The van der Waals surface area contributed by atoms with Gasteiger partial charge in [-0.05, 0) is 43.5 Å². The molecule has 18 heavy (non-hydrogen) atoms. The lowest BCUT2D eigenvalue weighted by molar-refractivity contribution is 0.308. The number of halogens is 3. The summed E-state index contributed by atoms with van der Waals surface area (Å²) in [7, 11) is 0. The minimum absolute atomic E-state index is 0. The van der Waals surface area contributed by atoms with Crippen LogP contribution in [-0.2, 0) is 6.54 Å². The largest absolute Gasteiger partial charge is 0.328 e. The second-order valence-corrected chi connectivity index (χ2v) is 5.29. The average Bonchev–Trinajstić information content (AvgIpc) is 2.71. The minimum atomic E-state index is -0.284. The molecule has 5 heteroatoms. The standard InChI is InChI=1S/C13H18ClFN2.ClH/c1-9(16)10-4-5-17(7-10)8-11-2-3-12(15)6-13(11)14;/h2-3,6,9-10H,4-5,7-8,16H2,1H3;1H. The summed E-state index contributed by atoms with van der Waals surface area (Å²) in [5.74, 6) is 0.280. The fourth-order valence-corrected chi connectivity index (χ4v) is 2.55. The van der Waals surface area contributed by atoms with Crippen LogP contribution in [0.3, 0.4) is 0 Å². The Morgan fingerprint density at radius 1 is 1.56 bits per heavy atom. The van der Waals surface area contributed by atoms with Crippen molar-refractivity contribution in [1.29, 1.82) is 0 Å². The Labute approximate surface area is 119 Å². The molecule has 0 radical (unpaired) electrons. The Bertz CT molecular complexity index is 399. The molecular formula is C13H19Cl2FN2. The number of rotatable bonds is 3. The van der Waals surface area contributed by atoms with E-state index in [-0.39, 0.29) is 24.3 Å². The second kappa shape index (κ2) is 6.71. The molecule has 1 aromatic rings. The van der Waals surface area contributed by atoms with E-state index < -0.39 is 0 Å². The van der Waals surface area contributed by atoms with E-state index in [1.165, 1.54) is 12.1 Å². The summed E-state index contributed by atoms with van der Waals surface area (Å²) in [4.78, 5) is 2.33. The van der Waals surface area contributed by atoms with Crippen molar-refractivity contribution in [3.63, 3.8) is 0 Å². The van der Waals surface area contributed by atoms with Crippen LogP contribution in [0.2, 0.25) is 5.02 Å². The van der Waals surface area contributed by atoms with E-state index in [1.807, 2.05) is 0 Å². The van der Waals surface area contributed by atoms with Gasteiger partial charge < -0.3 is 5.73 Å². The number of nitrogens with zero attached hydrogens (tertiary/aromatic N) is 1. The lowest BCUT2D eigenvalue weighted by Gasteiger charge is -2.18. The van der Waals surface area contributed by atoms with Crippen molar-refractivity contribution in [1.82, 2.24) is 4.90 Å². The zero-order valence-corrected chi connectivity index (χ0v) is 12.0. The molecule has 2 rings (SSSR count). The van der Waals surface area contributed by atoms with Gasteiger partial charge in [0, 0.05) is 24.2 Å². The van der Waals surface area contributed by atoms with E-state index in [0.29, 0.717) is 10.9 Å². The molecule has 1 aliphatic heterocycles. The fourth-order valence-electron chi connectivity index (χ4n) is 2.33. The van der Waals surface area contributed by atoms with Crippen molar-refractivity contribution in [3.8, 4) is 0 Å². The zero-order valence-electron chi connectivity index (χ0n) is 10.4. The summed E-state index contributed by atoms with van der Waals surface area (Å²) in [6.07, 6.45) is 1.14. The van der Waals surface area contributed by atoms with Gasteiger partial charge in [-0.25, -0.2) is 4.39 Å². The van der Waals surface area contributed by atoms with Crippen LogP contribution in [0, 0.1) is 11.7 Å². The van der Waals surface area contributed by atoms with Gasteiger partial charge in [-0.3, -0.25) is 4.90 Å². The molecule has 0 bridgehead atoms. The highest BCUT2D eigenvalue weighted by Crippen LogP contribution is 2.24. The summed E-state index contributed by atoms with van der Waals surface area (Å²) >= 11 is 6.02. The van der Waals surface area contributed by atoms with Gasteiger partial charge in [0.05, 0.1) is 0 Å².